The molecule has 0 saturated heterocycles. The van der Waals surface area contributed by atoms with Crippen molar-refractivity contribution < 1.29 is 0 Å². The van der Waals surface area contributed by atoms with Gasteiger partial charge in [-0.25, -0.2) is 0 Å². The van der Waals surface area contributed by atoms with Crippen molar-refractivity contribution in [2.75, 3.05) is 0 Å². The van der Waals surface area contributed by atoms with Crippen molar-refractivity contribution in [2.45, 2.75) is 111 Å². The third-order valence-corrected chi connectivity index (χ3v) is 7.14. The van der Waals surface area contributed by atoms with Crippen molar-refractivity contribution in [3.63, 3.8) is 0 Å². The van der Waals surface area contributed by atoms with Gasteiger partial charge in [0.25, 0.3) is 0 Å². The SMILES string of the molecule is CC1CCC(CC2CCC(C)CC2)CC1.CC1CCCC(C)C1. The lowest BCUT2D eigenvalue weighted by Gasteiger charge is -2.32. The van der Waals surface area contributed by atoms with Gasteiger partial charge in [0.2, 0.25) is 0 Å². The predicted molar refractivity (Wildman–Crippen MR) is 104 cm³/mol. The molecule has 3 rings (SSSR count). The molecule has 136 valence electrons. The summed E-state index contributed by atoms with van der Waals surface area (Å²) in [6.07, 6.45) is 19.6. The van der Waals surface area contributed by atoms with Gasteiger partial charge in [0, 0.05) is 0 Å². The van der Waals surface area contributed by atoms with Crippen LogP contribution in [0.15, 0.2) is 0 Å². The predicted octanol–water partition coefficient (Wildman–Crippen LogP) is 7.86. The molecule has 3 fully saturated rings. The lowest BCUT2D eigenvalue weighted by Crippen LogP contribution is -2.19. The Hall–Kier alpha value is 0. The molecule has 0 radical (unpaired) electrons. The van der Waals surface area contributed by atoms with Gasteiger partial charge in [-0.1, -0.05) is 98.3 Å². The molecule has 0 aliphatic heterocycles. The molecule has 3 saturated carbocycles. The Morgan fingerprint density at radius 2 is 0.870 bits per heavy atom. The van der Waals surface area contributed by atoms with Crippen molar-refractivity contribution in [1.29, 1.82) is 0 Å². The zero-order chi connectivity index (χ0) is 16.7. The van der Waals surface area contributed by atoms with Crippen LogP contribution >= 0.6 is 0 Å². The summed E-state index contributed by atoms with van der Waals surface area (Å²) in [7, 11) is 0. The summed E-state index contributed by atoms with van der Waals surface area (Å²) in [4.78, 5) is 0. The smallest absolute Gasteiger partial charge is 0.0411 e. The quantitative estimate of drug-likeness (QED) is 0.485. The average molecular weight is 321 g/mol. The first-order chi connectivity index (χ1) is 11.0. The standard InChI is InChI=1S/C15H28.C8H16/c1-12-3-7-14(8-4-12)11-15-9-5-13(2)6-10-15;1-7-4-3-5-8(2)6-7/h12-15H,3-11H2,1-2H3;7-8H,3-6H2,1-2H3. The van der Waals surface area contributed by atoms with E-state index in [1.165, 1.54) is 77.0 Å². The van der Waals surface area contributed by atoms with Gasteiger partial charge < -0.3 is 0 Å². The molecule has 2 unspecified atom stereocenters. The molecule has 3 aliphatic carbocycles. The Kier molecular flexibility index (Phi) is 8.48. The summed E-state index contributed by atoms with van der Waals surface area (Å²) in [5, 5.41) is 0. The summed E-state index contributed by atoms with van der Waals surface area (Å²) in [6, 6.07) is 0. The van der Waals surface area contributed by atoms with Crippen molar-refractivity contribution in [2.24, 2.45) is 35.5 Å². The lowest BCUT2D eigenvalue weighted by atomic mass is 9.74. The molecule has 2 atom stereocenters. The molecule has 23 heavy (non-hydrogen) atoms. The van der Waals surface area contributed by atoms with Crippen molar-refractivity contribution in [3.05, 3.63) is 0 Å². The van der Waals surface area contributed by atoms with E-state index in [1.807, 2.05) is 0 Å². The molecule has 0 spiro atoms. The van der Waals surface area contributed by atoms with E-state index in [9.17, 15) is 0 Å². The molecule has 0 nitrogen and oxygen atoms in total. The molecule has 0 aromatic carbocycles. The maximum Gasteiger partial charge on any atom is -0.0411 e. The zero-order valence-electron chi connectivity index (χ0n) is 16.7. The largest absolute Gasteiger partial charge is 0.0625 e. The van der Waals surface area contributed by atoms with Crippen LogP contribution in [0.4, 0.5) is 0 Å². The highest BCUT2D eigenvalue weighted by molar-refractivity contribution is 4.76. The van der Waals surface area contributed by atoms with Gasteiger partial charge in [-0.05, 0) is 48.3 Å². The van der Waals surface area contributed by atoms with E-state index < -0.39 is 0 Å². The minimum absolute atomic E-state index is 1.01. The maximum absolute atomic E-state index is 2.43. The molecule has 0 aromatic rings. The van der Waals surface area contributed by atoms with Gasteiger partial charge in [0.15, 0.2) is 0 Å². The molecule has 0 heteroatoms. The van der Waals surface area contributed by atoms with Gasteiger partial charge in [-0.2, -0.15) is 0 Å². The van der Waals surface area contributed by atoms with Gasteiger partial charge in [-0.15, -0.1) is 0 Å². The van der Waals surface area contributed by atoms with Crippen LogP contribution in [0.1, 0.15) is 111 Å². The normalized spacial score (nSPS) is 41.7. The number of hydrogen-bond donors (Lipinski definition) is 0. The highest BCUT2D eigenvalue weighted by Crippen LogP contribution is 2.38. The lowest BCUT2D eigenvalue weighted by molar-refractivity contribution is 0.201. The van der Waals surface area contributed by atoms with Crippen molar-refractivity contribution in [1.82, 2.24) is 0 Å². The van der Waals surface area contributed by atoms with E-state index in [2.05, 4.69) is 27.7 Å². The van der Waals surface area contributed by atoms with Crippen LogP contribution < -0.4 is 0 Å². The highest BCUT2D eigenvalue weighted by atomic mass is 14.3. The molecule has 0 N–H and O–H groups in total. The van der Waals surface area contributed by atoms with Crippen LogP contribution in [0.5, 0.6) is 0 Å². The van der Waals surface area contributed by atoms with Crippen LogP contribution in [0.3, 0.4) is 0 Å². The second kappa shape index (κ2) is 10.1. The molecule has 0 heterocycles. The summed E-state index contributed by atoms with van der Waals surface area (Å²) >= 11 is 0. The topological polar surface area (TPSA) is 0 Å². The van der Waals surface area contributed by atoms with Gasteiger partial charge in [0.05, 0.1) is 0 Å². The minimum Gasteiger partial charge on any atom is -0.0625 e. The van der Waals surface area contributed by atoms with E-state index >= 15 is 0 Å². The van der Waals surface area contributed by atoms with Gasteiger partial charge >= 0.3 is 0 Å². The second-order valence-corrected chi connectivity index (χ2v) is 9.86. The first-order valence-corrected chi connectivity index (χ1v) is 11.0. The third kappa shape index (κ3) is 7.61. The summed E-state index contributed by atoms with van der Waals surface area (Å²) < 4.78 is 0. The maximum atomic E-state index is 2.43. The fraction of sp³-hybridized carbons (Fsp3) is 1.00. The van der Waals surface area contributed by atoms with E-state index in [1.54, 1.807) is 6.42 Å². The number of rotatable bonds is 2. The fourth-order valence-corrected chi connectivity index (χ4v) is 5.34. The van der Waals surface area contributed by atoms with E-state index in [0.29, 0.717) is 0 Å². The molecular formula is C23H44. The summed E-state index contributed by atoms with van der Waals surface area (Å²) in [5.74, 6) is 6.26. The Labute approximate surface area is 147 Å². The molecule has 0 bridgehead atoms. The minimum atomic E-state index is 1.01. The number of hydrogen-bond acceptors (Lipinski definition) is 0. The second-order valence-electron chi connectivity index (χ2n) is 9.86. The zero-order valence-corrected chi connectivity index (χ0v) is 16.7. The molecular weight excluding hydrogens is 276 g/mol. The van der Waals surface area contributed by atoms with E-state index in [4.69, 9.17) is 0 Å². The van der Waals surface area contributed by atoms with Crippen LogP contribution in [-0.4, -0.2) is 0 Å². The van der Waals surface area contributed by atoms with E-state index in [0.717, 1.165) is 35.5 Å². The summed E-state index contributed by atoms with van der Waals surface area (Å²) in [5.41, 5.74) is 0. The molecule has 0 amide bonds. The van der Waals surface area contributed by atoms with Crippen LogP contribution in [0, 0.1) is 35.5 Å². The molecule has 3 aliphatic rings. The Balaban J connectivity index is 0.000000203. The molecule has 0 aromatic heterocycles. The monoisotopic (exact) mass is 320 g/mol. The Morgan fingerprint density at radius 1 is 0.478 bits per heavy atom. The Morgan fingerprint density at radius 3 is 1.17 bits per heavy atom. The van der Waals surface area contributed by atoms with E-state index in [-0.39, 0.29) is 0 Å². The van der Waals surface area contributed by atoms with Crippen molar-refractivity contribution in [3.8, 4) is 0 Å². The highest BCUT2D eigenvalue weighted by Gasteiger charge is 2.24. The third-order valence-electron chi connectivity index (χ3n) is 7.14. The average Bonchev–Trinajstić information content (AvgIpc) is 2.52. The van der Waals surface area contributed by atoms with Crippen LogP contribution in [0.25, 0.3) is 0 Å². The van der Waals surface area contributed by atoms with Crippen LogP contribution in [-0.2, 0) is 0 Å². The summed E-state index contributed by atoms with van der Waals surface area (Å²) in [6.45, 7) is 9.60. The van der Waals surface area contributed by atoms with Crippen molar-refractivity contribution >= 4 is 0 Å². The first-order valence-electron chi connectivity index (χ1n) is 11.0. The Bertz CT molecular complexity index is 263. The first kappa shape index (κ1) is 19.3. The fourth-order valence-electron chi connectivity index (χ4n) is 5.34. The van der Waals surface area contributed by atoms with Gasteiger partial charge in [0.1, 0.15) is 0 Å². The van der Waals surface area contributed by atoms with Crippen LogP contribution in [0.2, 0.25) is 0 Å². The van der Waals surface area contributed by atoms with Gasteiger partial charge in [-0.3, -0.25) is 0 Å².